The maximum Gasteiger partial charge on any atom is 0.252 e. The minimum atomic E-state index is -0.0419. The molecule has 0 unspecified atom stereocenters. The second-order valence-electron chi connectivity index (χ2n) is 4.82. The first-order chi connectivity index (χ1) is 9.16. The molecule has 5 heteroatoms. The Hall–Kier alpha value is -0.520. The normalized spacial score (nSPS) is 16.3. The van der Waals surface area contributed by atoms with Crippen molar-refractivity contribution in [2.75, 3.05) is 26.2 Å². The summed E-state index contributed by atoms with van der Waals surface area (Å²) in [5.74, 6) is -0.0419. The van der Waals surface area contributed by atoms with E-state index < -0.39 is 0 Å². The van der Waals surface area contributed by atoms with Gasteiger partial charge in [-0.15, -0.1) is 12.6 Å². The largest absolute Gasteiger partial charge is 0.351 e. The highest BCUT2D eigenvalue weighted by atomic mass is 79.9. The number of carbonyl (C=O) groups is 1. The van der Waals surface area contributed by atoms with Gasteiger partial charge in [0.1, 0.15) is 0 Å². The molecule has 0 bridgehead atoms. The van der Waals surface area contributed by atoms with Crippen LogP contribution in [-0.2, 0) is 0 Å². The van der Waals surface area contributed by atoms with Gasteiger partial charge in [0.15, 0.2) is 0 Å². The average molecular weight is 343 g/mol. The summed E-state index contributed by atoms with van der Waals surface area (Å²) < 4.78 is 0.806. The predicted molar refractivity (Wildman–Crippen MR) is 84.0 cm³/mol. The van der Waals surface area contributed by atoms with Gasteiger partial charge in [0.25, 0.3) is 5.91 Å². The van der Waals surface area contributed by atoms with Crippen LogP contribution in [0.1, 0.15) is 29.6 Å². The number of rotatable bonds is 4. The summed E-state index contributed by atoms with van der Waals surface area (Å²) in [5, 5.41) is 2.97. The summed E-state index contributed by atoms with van der Waals surface area (Å²) in [5.41, 5.74) is 0.645. The Labute approximate surface area is 128 Å². The quantitative estimate of drug-likeness (QED) is 0.824. The van der Waals surface area contributed by atoms with E-state index in [1.165, 1.54) is 19.3 Å². The molecule has 1 amide bonds. The Bertz CT molecular complexity index is 447. The van der Waals surface area contributed by atoms with Crippen LogP contribution in [0.2, 0.25) is 0 Å². The van der Waals surface area contributed by atoms with Gasteiger partial charge in [-0.1, -0.05) is 6.42 Å². The molecule has 1 saturated heterocycles. The molecule has 0 aromatic heterocycles. The summed E-state index contributed by atoms with van der Waals surface area (Å²) in [4.78, 5) is 15.3. The number of halogens is 1. The van der Waals surface area contributed by atoms with Crippen molar-refractivity contribution in [3.05, 3.63) is 28.2 Å². The Balaban J connectivity index is 1.82. The fourth-order valence-corrected chi connectivity index (χ4v) is 2.92. The molecule has 0 atom stereocenters. The van der Waals surface area contributed by atoms with Crippen LogP contribution in [0.3, 0.4) is 0 Å². The minimum Gasteiger partial charge on any atom is -0.351 e. The van der Waals surface area contributed by atoms with Crippen molar-refractivity contribution < 1.29 is 4.79 Å². The van der Waals surface area contributed by atoms with E-state index in [0.717, 1.165) is 29.0 Å². The summed E-state index contributed by atoms with van der Waals surface area (Å²) >= 11 is 7.66. The maximum atomic E-state index is 12.1. The SMILES string of the molecule is O=C(NCCN1CCCCC1)c1cc(S)ccc1Br. The Morgan fingerprint density at radius 2 is 2.05 bits per heavy atom. The molecule has 1 aliphatic rings. The van der Waals surface area contributed by atoms with Crippen molar-refractivity contribution in [1.82, 2.24) is 10.2 Å². The fraction of sp³-hybridized carbons (Fsp3) is 0.500. The lowest BCUT2D eigenvalue weighted by Gasteiger charge is -2.26. The van der Waals surface area contributed by atoms with Crippen LogP contribution >= 0.6 is 28.6 Å². The second-order valence-corrected chi connectivity index (χ2v) is 6.19. The molecule has 0 spiro atoms. The smallest absolute Gasteiger partial charge is 0.252 e. The zero-order valence-corrected chi connectivity index (χ0v) is 13.3. The molecule has 3 nitrogen and oxygen atoms in total. The van der Waals surface area contributed by atoms with Crippen molar-refractivity contribution in [1.29, 1.82) is 0 Å². The molecule has 1 aromatic carbocycles. The molecular weight excluding hydrogens is 324 g/mol. The molecule has 1 aliphatic heterocycles. The Morgan fingerprint density at radius 1 is 1.32 bits per heavy atom. The third-order valence-electron chi connectivity index (χ3n) is 3.36. The highest BCUT2D eigenvalue weighted by molar-refractivity contribution is 9.10. The number of amides is 1. The molecule has 1 aromatic rings. The number of carbonyl (C=O) groups excluding carboxylic acids is 1. The molecule has 0 aliphatic carbocycles. The maximum absolute atomic E-state index is 12.1. The highest BCUT2D eigenvalue weighted by Gasteiger charge is 2.12. The van der Waals surface area contributed by atoms with Crippen molar-refractivity contribution in [3.8, 4) is 0 Å². The van der Waals surface area contributed by atoms with E-state index in [1.807, 2.05) is 12.1 Å². The Kier molecular flexibility index (Phi) is 5.73. The van der Waals surface area contributed by atoms with E-state index in [-0.39, 0.29) is 5.91 Å². The lowest BCUT2D eigenvalue weighted by molar-refractivity contribution is 0.0945. The number of thiol groups is 1. The summed E-state index contributed by atoms with van der Waals surface area (Å²) in [7, 11) is 0. The van der Waals surface area contributed by atoms with Gasteiger partial charge in [-0.2, -0.15) is 0 Å². The second kappa shape index (κ2) is 7.31. The molecule has 19 heavy (non-hydrogen) atoms. The molecule has 1 heterocycles. The molecule has 0 saturated carbocycles. The summed E-state index contributed by atoms with van der Waals surface area (Å²) in [6.45, 7) is 3.95. The molecule has 104 valence electrons. The van der Waals surface area contributed by atoms with Gasteiger partial charge < -0.3 is 10.2 Å². The monoisotopic (exact) mass is 342 g/mol. The third kappa shape index (κ3) is 4.51. The van der Waals surface area contributed by atoms with Gasteiger partial charge in [-0.25, -0.2) is 0 Å². The van der Waals surface area contributed by atoms with Crippen molar-refractivity contribution in [2.24, 2.45) is 0 Å². The average Bonchev–Trinajstić information content (AvgIpc) is 2.42. The van der Waals surface area contributed by atoms with E-state index in [2.05, 4.69) is 38.8 Å². The van der Waals surface area contributed by atoms with Crippen molar-refractivity contribution in [3.63, 3.8) is 0 Å². The van der Waals surface area contributed by atoms with E-state index in [4.69, 9.17) is 0 Å². The first-order valence-electron chi connectivity index (χ1n) is 6.66. The third-order valence-corrected chi connectivity index (χ3v) is 4.33. The van der Waals surface area contributed by atoms with E-state index >= 15 is 0 Å². The van der Waals surface area contributed by atoms with Gasteiger partial charge in [0, 0.05) is 22.5 Å². The van der Waals surface area contributed by atoms with Crippen LogP contribution in [-0.4, -0.2) is 37.0 Å². The Morgan fingerprint density at radius 3 is 2.79 bits per heavy atom. The topological polar surface area (TPSA) is 32.3 Å². The molecule has 1 fully saturated rings. The highest BCUT2D eigenvalue weighted by Crippen LogP contribution is 2.20. The van der Waals surface area contributed by atoms with E-state index in [1.54, 1.807) is 6.07 Å². The van der Waals surface area contributed by atoms with Crippen molar-refractivity contribution >= 4 is 34.5 Å². The number of nitrogens with zero attached hydrogens (tertiary/aromatic N) is 1. The van der Waals surface area contributed by atoms with E-state index in [0.29, 0.717) is 12.1 Å². The summed E-state index contributed by atoms with van der Waals surface area (Å²) in [6.07, 6.45) is 3.90. The van der Waals surface area contributed by atoms with Crippen LogP contribution in [0.15, 0.2) is 27.6 Å². The van der Waals surface area contributed by atoms with Gasteiger partial charge in [0.05, 0.1) is 5.56 Å². The number of nitrogens with one attached hydrogen (secondary N) is 1. The number of likely N-dealkylation sites (tertiary alicyclic amines) is 1. The number of benzene rings is 1. The lowest BCUT2D eigenvalue weighted by Crippen LogP contribution is -2.37. The predicted octanol–water partition coefficient (Wildman–Crippen LogP) is 2.95. The van der Waals surface area contributed by atoms with Gasteiger partial charge in [-0.05, 0) is 60.1 Å². The molecular formula is C14H19BrN2OS. The zero-order chi connectivity index (χ0) is 13.7. The van der Waals surface area contributed by atoms with Gasteiger partial charge in [-0.3, -0.25) is 4.79 Å². The van der Waals surface area contributed by atoms with E-state index in [9.17, 15) is 4.79 Å². The van der Waals surface area contributed by atoms with Crippen LogP contribution in [0, 0.1) is 0 Å². The first kappa shape index (κ1) is 14.9. The van der Waals surface area contributed by atoms with Gasteiger partial charge in [0.2, 0.25) is 0 Å². The number of hydrogen-bond donors (Lipinski definition) is 2. The van der Waals surface area contributed by atoms with Crippen LogP contribution in [0.5, 0.6) is 0 Å². The fourth-order valence-electron chi connectivity index (χ4n) is 2.29. The van der Waals surface area contributed by atoms with Crippen LogP contribution in [0.4, 0.5) is 0 Å². The van der Waals surface area contributed by atoms with Crippen molar-refractivity contribution in [2.45, 2.75) is 24.2 Å². The lowest BCUT2D eigenvalue weighted by atomic mass is 10.1. The van der Waals surface area contributed by atoms with Crippen LogP contribution in [0.25, 0.3) is 0 Å². The summed E-state index contributed by atoms with van der Waals surface area (Å²) in [6, 6.07) is 5.49. The number of piperidine rings is 1. The standard InChI is InChI=1S/C14H19BrN2OS/c15-13-5-4-11(19)10-12(13)14(18)16-6-9-17-7-2-1-3-8-17/h4-5,10,19H,1-3,6-9H2,(H,16,18). The molecule has 2 rings (SSSR count). The first-order valence-corrected chi connectivity index (χ1v) is 7.90. The molecule has 1 N–H and O–H groups in total. The number of hydrogen-bond acceptors (Lipinski definition) is 3. The molecule has 0 radical (unpaired) electrons. The minimum absolute atomic E-state index is 0.0419. The van der Waals surface area contributed by atoms with Crippen LogP contribution < -0.4 is 5.32 Å². The zero-order valence-electron chi connectivity index (χ0n) is 10.9. The van der Waals surface area contributed by atoms with Gasteiger partial charge >= 0.3 is 0 Å².